The van der Waals surface area contributed by atoms with E-state index in [0.717, 1.165) is 17.7 Å². The van der Waals surface area contributed by atoms with E-state index in [0.29, 0.717) is 11.4 Å². The number of methoxy groups -OCH3 is 1. The molecule has 0 saturated carbocycles. The van der Waals surface area contributed by atoms with Gasteiger partial charge in [-0.2, -0.15) is 13.2 Å². The van der Waals surface area contributed by atoms with Gasteiger partial charge in [0.2, 0.25) is 0 Å². The number of benzene rings is 2. The lowest BCUT2D eigenvalue weighted by molar-refractivity contribution is -0.137. The van der Waals surface area contributed by atoms with E-state index in [9.17, 15) is 13.2 Å². The fourth-order valence-corrected chi connectivity index (χ4v) is 1.77. The maximum Gasteiger partial charge on any atom is 0.416 e. The third kappa shape index (κ3) is 3.81. The lowest BCUT2D eigenvalue weighted by Gasteiger charge is -2.11. The Hall–Kier alpha value is -2.37. The first-order valence-electron chi connectivity index (χ1n) is 6.12. The average molecular weight is 297 g/mol. The van der Waals surface area contributed by atoms with Crippen molar-refractivity contribution in [2.75, 3.05) is 12.8 Å². The zero-order valence-corrected chi connectivity index (χ0v) is 11.3. The summed E-state index contributed by atoms with van der Waals surface area (Å²) < 4.78 is 48.2. The van der Waals surface area contributed by atoms with Gasteiger partial charge in [-0.1, -0.05) is 12.1 Å². The van der Waals surface area contributed by atoms with Crippen LogP contribution in [0.2, 0.25) is 0 Å². The summed E-state index contributed by atoms with van der Waals surface area (Å²) in [5.41, 5.74) is 6.18. The molecule has 0 amide bonds. The smallest absolute Gasteiger partial charge is 0.416 e. The highest BCUT2D eigenvalue weighted by Gasteiger charge is 2.30. The molecule has 0 aliphatic carbocycles. The standard InChI is InChI=1S/C15H14F3NO2/c1-20-14-7-10(5-6-13(14)19)9-21-12-4-2-3-11(8-12)15(16,17)18/h2-8H,9,19H2,1H3. The molecule has 0 aromatic heterocycles. The van der Waals surface area contributed by atoms with Gasteiger partial charge in [-0.15, -0.1) is 0 Å². The van der Waals surface area contributed by atoms with Gasteiger partial charge in [0.1, 0.15) is 18.1 Å². The molecule has 0 bridgehead atoms. The Morgan fingerprint density at radius 1 is 1.10 bits per heavy atom. The molecule has 21 heavy (non-hydrogen) atoms. The van der Waals surface area contributed by atoms with Crippen LogP contribution in [0.5, 0.6) is 11.5 Å². The number of rotatable bonds is 4. The van der Waals surface area contributed by atoms with Crippen molar-refractivity contribution in [3.63, 3.8) is 0 Å². The number of anilines is 1. The minimum Gasteiger partial charge on any atom is -0.495 e. The quantitative estimate of drug-likeness (QED) is 0.871. The Balaban J connectivity index is 2.10. The van der Waals surface area contributed by atoms with E-state index in [4.69, 9.17) is 15.2 Å². The van der Waals surface area contributed by atoms with Crippen LogP contribution in [0.15, 0.2) is 42.5 Å². The number of ether oxygens (including phenoxy) is 2. The van der Waals surface area contributed by atoms with E-state index < -0.39 is 11.7 Å². The molecule has 0 radical (unpaired) electrons. The van der Waals surface area contributed by atoms with Gasteiger partial charge in [0.25, 0.3) is 0 Å². The highest BCUT2D eigenvalue weighted by molar-refractivity contribution is 5.53. The molecule has 2 aromatic carbocycles. The van der Waals surface area contributed by atoms with Crippen molar-refractivity contribution < 1.29 is 22.6 Å². The van der Waals surface area contributed by atoms with E-state index in [1.807, 2.05) is 0 Å². The predicted octanol–water partition coefficient (Wildman–Crippen LogP) is 3.88. The van der Waals surface area contributed by atoms with E-state index in [1.54, 1.807) is 18.2 Å². The van der Waals surface area contributed by atoms with Crippen molar-refractivity contribution in [3.8, 4) is 11.5 Å². The molecule has 6 heteroatoms. The first kappa shape index (κ1) is 15.0. The molecule has 0 atom stereocenters. The molecule has 0 aliphatic rings. The maximum absolute atomic E-state index is 12.6. The van der Waals surface area contributed by atoms with Gasteiger partial charge in [-0.3, -0.25) is 0 Å². The molecule has 0 aliphatic heterocycles. The summed E-state index contributed by atoms with van der Waals surface area (Å²) in [5.74, 6) is 0.653. The van der Waals surface area contributed by atoms with Crippen LogP contribution in [-0.2, 0) is 12.8 Å². The van der Waals surface area contributed by atoms with Crippen LogP contribution in [0.4, 0.5) is 18.9 Å². The van der Waals surface area contributed by atoms with Crippen LogP contribution >= 0.6 is 0 Å². The molecular weight excluding hydrogens is 283 g/mol. The Kier molecular flexibility index (Phi) is 4.26. The van der Waals surface area contributed by atoms with Crippen molar-refractivity contribution in [1.29, 1.82) is 0 Å². The van der Waals surface area contributed by atoms with Crippen molar-refractivity contribution in [2.45, 2.75) is 12.8 Å². The summed E-state index contributed by atoms with van der Waals surface area (Å²) in [6.07, 6.45) is -4.39. The van der Waals surface area contributed by atoms with Crippen molar-refractivity contribution >= 4 is 5.69 Å². The number of nitrogens with two attached hydrogens (primary N) is 1. The highest BCUT2D eigenvalue weighted by atomic mass is 19.4. The first-order chi connectivity index (χ1) is 9.90. The summed E-state index contributed by atoms with van der Waals surface area (Å²) in [4.78, 5) is 0. The van der Waals surface area contributed by atoms with Gasteiger partial charge >= 0.3 is 6.18 Å². The van der Waals surface area contributed by atoms with Crippen LogP contribution in [0.1, 0.15) is 11.1 Å². The van der Waals surface area contributed by atoms with Gasteiger partial charge in [-0.05, 0) is 35.9 Å². The lowest BCUT2D eigenvalue weighted by atomic mass is 10.2. The SMILES string of the molecule is COc1cc(COc2cccc(C(F)(F)F)c2)ccc1N. The third-order valence-corrected chi connectivity index (χ3v) is 2.86. The van der Waals surface area contributed by atoms with Crippen LogP contribution in [0.25, 0.3) is 0 Å². The van der Waals surface area contributed by atoms with Gasteiger partial charge in [0, 0.05) is 0 Å². The molecule has 2 aromatic rings. The largest absolute Gasteiger partial charge is 0.495 e. The van der Waals surface area contributed by atoms with Gasteiger partial charge in [0.15, 0.2) is 0 Å². The Labute approximate surface area is 120 Å². The number of alkyl halides is 3. The second kappa shape index (κ2) is 5.95. The summed E-state index contributed by atoms with van der Waals surface area (Å²) >= 11 is 0. The second-order valence-corrected chi connectivity index (χ2v) is 4.39. The lowest BCUT2D eigenvalue weighted by Crippen LogP contribution is -2.05. The molecule has 0 heterocycles. The second-order valence-electron chi connectivity index (χ2n) is 4.39. The van der Waals surface area contributed by atoms with Crippen LogP contribution < -0.4 is 15.2 Å². The molecule has 2 N–H and O–H groups in total. The van der Waals surface area contributed by atoms with Crippen LogP contribution in [0.3, 0.4) is 0 Å². The van der Waals surface area contributed by atoms with Crippen molar-refractivity contribution in [2.24, 2.45) is 0 Å². The molecular formula is C15H14F3NO2. The minimum absolute atomic E-state index is 0.123. The number of hydrogen-bond acceptors (Lipinski definition) is 3. The number of nitrogen functional groups attached to an aromatic ring is 1. The van der Waals surface area contributed by atoms with Crippen molar-refractivity contribution in [1.82, 2.24) is 0 Å². The molecule has 112 valence electrons. The summed E-state index contributed by atoms with van der Waals surface area (Å²) in [5, 5.41) is 0. The van der Waals surface area contributed by atoms with E-state index >= 15 is 0 Å². The first-order valence-corrected chi connectivity index (χ1v) is 6.12. The Bertz CT molecular complexity index is 627. The molecule has 3 nitrogen and oxygen atoms in total. The van der Waals surface area contributed by atoms with Gasteiger partial charge in [0.05, 0.1) is 18.4 Å². The Morgan fingerprint density at radius 2 is 1.86 bits per heavy atom. The van der Waals surface area contributed by atoms with Crippen LogP contribution in [0, 0.1) is 0 Å². The molecule has 0 spiro atoms. The molecule has 2 rings (SSSR count). The van der Waals surface area contributed by atoms with E-state index in [2.05, 4.69) is 0 Å². The summed E-state index contributed by atoms with van der Waals surface area (Å²) in [6.45, 7) is 0.123. The number of halogens is 3. The third-order valence-electron chi connectivity index (χ3n) is 2.86. The predicted molar refractivity (Wildman–Crippen MR) is 73.2 cm³/mol. The summed E-state index contributed by atoms with van der Waals surface area (Å²) in [6, 6.07) is 9.82. The normalized spacial score (nSPS) is 11.2. The van der Waals surface area contributed by atoms with Crippen LogP contribution in [-0.4, -0.2) is 7.11 Å². The average Bonchev–Trinajstić information content (AvgIpc) is 2.46. The molecule has 0 saturated heterocycles. The fraction of sp³-hybridized carbons (Fsp3) is 0.200. The Morgan fingerprint density at radius 3 is 2.52 bits per heavy atom. The minimum atomic E-state index is -4.39. The van der Waals surface area contributed by atoms with E-state index in [1.165, 1.54) is 19.2 Å². The highest BCUT2D eigenvalue weighted by Crippen LogP contribution is 2.31. The maximum atomic E-state index is 12.6. The fourth-order valence-electron chi connectivity index (χ4n) is 1.77. The zero-order valence-electron chi connectivity index (χ0n) is 11.3. The molecule has 0 fully saturated rings. The summed E-state index contributed by atoms with van der Waals surface area (Å²) in [7, 11) is 1.49. The number of hydrogen-bond donors (Lipinski definition) is 1. The topological polar surface area (TPSA) is 44.5 Å². The van der Waals surface area contributed by atoms with Crippen molar-refractivity contribution in [3.05, 3.63) is 53.6 Å². The molecule has 0 unspecified atom stereocenters. The monoisotopic (exact) mass is 297 g/mol. The van der Waals surface area contributed by atoms with Gasteiger partial charge < -0.3 is 15.2 Å². The van der Waals surface area contributed by atoms with Gasteiger partial charge in [-0.25, -0.2) is 0 Å². The zero-order chi connectivity index (χ0) is 15.5. The van der Waals surface area contributed by atoms with E-state index in [-0.39, 0.29) is 12.4 Å².